The summed E-state index contributed by atoms with van der Waals surface area (Å²) >= 11 is 0. The largest absolute Gasteiger partial charge is 0.497 e. The molecule has 0 saturated carbocycles. The van der Waals surface area contributed by atoms with Crippen molar-refractivity contribution in [2.24, 2.45) is 0 Å². The molecule has 1 heterocycles. The lowest BCUT2D eigenvalue weighted by molar-refractivity contribution is -0.146. The third-order valence-electron chi connectivity index (χ3n) is 4.61. The van der Waals surface area contributed by atoms with Crippen molar-refractivity contribution in [3.63, 3.8) is 0 Å². The van der Waals surface area contributed by atoms with Crippen LogP contribution in [0.1, 0.15) is 38.0 Å². The van der Waals surface area contributed by atoms with Crippen molar-refractivity contribution in [3.8, 4) is 11.5 Å². The average Bonchev–Trinajstić information content (AvgIpc) is 3.01. The van der Waals surface area contributed by atoms with Crippen LogP contribution >= 0.6 is 0 Å². The zero-order chi connectivity index (χ0) is 21.1. The quantitative estimate of drug-likeness (QED) is 0.401. The average molecular weight is 397 g/mol. The fraction of sp³-hybridized carbons (Fsp3) is 0.238. The first-order valence-electron chi connectivity index (χ1n) is 8.77. The van der Waals surface area contributed by atoms with Crippen molar-refractivity contribution in [3.05, 3.63) is 59.2 Å². The highest BCUT2D eigenvalue weighted by Gasteiger charge is 2.41. The summed E-state index contributed by atoms with van der Waals surface area (Å²) in [6, 6.07) is 9.80. The van der Waals surface area contributed by atoms with E-state index in [1.165, 1.54) is 39.3 Å². The molecule has 0 unspecified atom stereocenters. The lowest BCUT2D eigenvalue weighted by Crippen LogP contribution is -2.44. The van der Waals surface area contributed by atoms with E-state index in [1.807, 2.05) is 0 Å². The maximum Gasteiger partial charge on any atom is 0.329 e. The minimum absolute atomic E-state index is 0.188. The lowest BCUT2D eigenvalue weighted by atomic mass is 10.1. The monoisotopic (exact) mass is 397 g/mol. The van der Waals surface area contributed by atoms with Crippen LogP contribution in [0.3, 0.4) is 0 Å². The molecule has 2 aromatic carbocycles. The number of ketones is 1. The predicted molar refractivity (Wildman–Crippen MR) is 101 cm³/mol. The van der Waals surface area contributed by atoms with Crippen molar-refractivity contribution in [2.45, 2.75) is 13.0 Å². The number of carbonyl (C=O) groups excluding carboxylic acids is 4. The van der Waals surface area contributed by atoms with Gasteiger partial charge in [-0.1, -0.05) is 12.1 Å². The van der Waals surface area contributed by atoms with Gasteiger partial charge < -0.3 is 14.2 Å². The minimum Gasteiger partial charge on any atom is -0.497 e. The van der Waals surface area contributed by atoms with E-state index in [9.17, 15) is 19.2 Å². The Hall–Kier alpha value is -3.68. The summed E-state index contributed by atoms with van der Waals surface area (Å²) in [5.74, 6) is -1.77. The Kier molecular flexibility index (Phi) is 5.63. The van der Waals surface area contributed by atoms with Crippen molar-refractivity contribution in [1.29, 1.82) is 0 Å². The summed E-state index contributed by atoms with van der Waals surface area (Å²) < 4.78 is 15.3. The molecular weight excluding hydrogens is 378 g/mol. The molecule has 29 heavy (non-hydrogen) atoms. The molecule has 2 aromatic rings. The van der Waals surface area contributed by atoms with E-state index in [1.54, 1.807) is 24.3 Å². The van der Waals surface area contributed by atoms with Crippen molar-refractivity contribution < 1.29 is 33.4 Å². The van der Waals surface area contributed by atoms with E-state index in [2.05, 4.69) is 0 Å². The van der Waals surface area contributed by atoms with E-state index in [4.69, 9.17) is 14.2 Å². The first-order valence-corrected chi connectivity index (χ1v) is 8.77. The van der Waals surface area contributed by atoms with Gasteiger partial charge in [-0.2, -0.15) is 0 Å². The van der Waals surface area contributed by atoms with Gasteiger partial charge in [0.15, 0.2) is 6.61 Å². The standard InChI is InChI=1S/C21H19NO7/c1-12(22-19(24)14-6-4-5-7-15(14)20(22)25)21(26)29-11-17(23)16-10-13(27-2)8-9-18(16)28-3/h4-10,12H,11H2,1-3H3/t12-/m1/s1. The molecule has 0 N–H and O–H groups in total. The van der Waals surface area contributed by atoms with E-state index in [0.717, 1.165) is 4.90 Å². The van der Waals surface area contributed by atoms with E-state index >= 15 is 0 Å². The topological polar surface area (TPSA) is 99.2 Å². The van der Waals surface area contributed by atoms with Gasteiger partial charge in [0.2, 0.25) is 5.78 Å². The lowest BCUT2D eigenvalue weighted by Gasteiger charge is -2.20. The maximum atomic E-state index is 12.5. The molecular formula is C21H19NO7. The van der Waals surface area contributed by atoms with Crippen molar-refractivity contribution in [2.75, 3.05) is 20.8 Å². The molecule has 0 saturated heterocycles. The number of Topliss-reactive ketones (excluding diaryl/α,β-unsaturated/α-hetero) is 1. The number of rotatable bonds is 7. The van der Waals surface area contributed by atoms with Crippen LogP contribution in [-0.4, -0.2) is 55.3 Å². The van der Waals surface area contributed by atoms with Crippen LogP contribution in [0.4, 0.5) is 0 Å². The number of ether oxygens (including phenoxy) is 3. The van der Waals surface area contributed by atoms with Crippen molar-refractivity contribution >= 4 is 23.6 Å². The smallest absolute Gasteiger partial charge is 0.329 e. The second-order valence-electron chi connectivity index (χ2n) is 6.30. The van der Waals surface area contributed by atoms with Crippen LogP contribution in [0.2, 0.25) is 0 Å². The number of carbonyl (C=O) groups is 4. The van der Waals surface area contributed by atoms with Crippen molar-refractivity contribution in [1.82, 2.24) is 4.90 Å². The van der Waals surface area contributed by atoms with Gasteiger partial charge in [-0.25, -0.2) is 4.79 Å². The Morgan fingerprint density at radius 3 is 2.14 bits per heavy atom. The van der Waals surface area contributed by atoms with Gasteiger partial charge in [0.05, 0.1) is 30.9 Å². The molecule has 0 aromatic heterocycles. The zero-order valence-corrected chi connectivity index (χ0v) is 16.1. The maximum absolute atomic E-state index is 12.5. The predicted octanol–water partition coefficient (Wildman–Crippen LogP) is 2.11. The van der Waals surface area contributed by atoms with E-state index in [0.29, 0.717) is 11.5 Å². The Morgan fingerprint density at radius 2 is 1.59 bits per heavy atom. The van der Waals surface area contributed by atoms with Gasteiger partial charge in [0.25, 0.3) is 11.8 Å². The second kappa shape index (κ2) is 8.14. The number of imide groups is 1. The van der Waals surface area contributed by atoms with Crippen LogP contribution in [0.25, 0.3) is 0 Å². The third kappa shape index (κ3) is 3.69. The normalized spacial score (nSPS) is 13.7. The van der Waals surface area contributed by atoms with E-state index < -0.39 is 36.2 Å². The molecule has 0 radical (unpaired) electrons. The molecule has 8 nitrogen and oxygen atoms in total. The molecule has 2 amide bonds. The molecule has 0 fully saturated rings. The highest BCUT2D eigenvalue weighted by molar-refractivity contribution is 6.22. The summed E-state index contributed by atoms with van der Waals surface area (Å²) in [5.41, 5.74) is 0.650. The van der Waals surface area contributed by atoms with Crippen LogP contribution in [0, 0.1) is 0 Å². The fourth-order valence-electron chi connectivity index (χ4n) is 3.03. The van der Waals surface area contributed by atoms with Crippen LogP contribution in [0.15, 0.2) is 42.5 Å². The van der Waals surface area contributed by atoms with Gasteiger partial charge in [-0.15, -0.1) is 0 Å². The number of hydrogen-bond donors (Lipinski definition) is 0. The Morgan fingerprint density at radius 1 is 0.966 bits per heavy atom. The minimum atomic E-state index is -1.18. The summed E-state index contributed by atoms with van der Waals surface area (Å²) in [4.78, 5) is 50.7. The van der Waals surface area contributed by atoms with E-state index in [-0.39, 0.29) is 16.7 Å². The Bertz CT molecular complexity index is 963. The van der Waals surface area contributed by atoms with Gasteiger partial charge in [-0.05, 0) is 37.3 Å². The SMILES string of the molecule is COc1ccc(OC)c(C(=O)COC(=O)[C@@H](C)N2C(=O)c3ccccc3C2=O)c1. The Balaban J connectivity index is 1.69. The number of benzene rings is 2. The summed E-state index contributed by atoms with van der Waals surface area (Å²) in [7, 11) is 2.87. The molecule has 0 aliphatic carbocycles. The number of amides is 2. The summed E-state index contributed by atoms with van der Waals surface area (Å²) in [6.07, 6.45) is 0. The highest BCUT2D eigenvalue weighted by Crippen LogP contribution is 2.26. The Labute approximate surface area is 167 Å². The van der Waals surface area contributed by atoms with Gasteiger partial charge >= 0.3 is 5.97 Å². The third-order valence-corrected chi connectivity index (χ3v) is 4.61. The van der Waals surface area contributed by atoms with Crippen LogP contribution in [0.5, 0.6) is 11.5 Å². The highest BCUT2D eigenvalue weighted by atomic mass is 16.5. The number of fused-ring (bicyclic) bond motifs is 1. The summed E-state index contributed by atoms with van der Waals surface area (Å²) in [5, 5.41) is 0. The molecule has 150 valence electrons. The molecule has 3 rings (SSSR count). The molecule has 1 aliphatic rings. The van der Waals surface area contributed by atoms with Gasteiger partial charge in [0.1, 0.15) is 17.5 Å². The molecule has 0 spiro atoms. The fourth-order valence-corrected chi connectivity index (χ4v) is 3.03. The molecule has 1 atom stereocenters. The number of nitrogens with zero attached hydrogens (tertiary/aromatic N) is 1. The second-order valence-corrected chi connectivity index (χ2v) is 6.30. The molecule has 0 bridgehead atoms. The van der Waals surface area contributed by atoms with Gasteiger partial charge in [-0.3, -0.25) is 19.3 Å². The molecule has 8 heteroatoms. The summed E-state index contributed by atoms with van der Waals surface area (Å²) in [6.45, 7) is 0.802. The van der Waals surface area contributed by atoms with Crippen LogP contribution in [-0.2, 0) is 9.53 Å². The van der Waals surface area contributed by atoms with Crippen LogP contribution < -0.4 is 9.47 Å². The molecule has 1 aliphatic heterocycles. The zero-order valence-electron chi connectivity index (χ0n) is 16.1. The number of hydrogen-bond acceptors (Lipinski definition) is 7. The van der Waals surface area contributed by atoms with Gasteiger partial charge in [0, 0.05) is 0 Å². The number of methoxy groups -OCH3 is 2. The first-order chi connectivity index (χ1) is 13.9. The number of esters is 1. The first kappa shape index (κ1) is 20.1.